The monoisotopic (exact) mass is 243 g/mol. The van der Waals surface area contributed by atoms with Crippen LogP contribution < -0.4 is 4.90 Å². The number of ketones is 1. The Bertz CT molecular complexity index is 540. The molecular formula is C15H17NO2. The highest BCUT2D eigenvalue weighted by molar-refractivity contribution is 5.94. The number of hydrogen-bond acceptors (Lipinski definition) is 3. The zero-order valence-electron chi connectivity index (χ0n) is 10.9. The van der Waals surface area contributed by atoms with Crippen molar-refractivity contribution in [3.05, 3.63) is 53.5 Å². The van der Waals surface area contributed by atoms with Crippen LogP contribution in [0.4, 0.5) is 5.69 Å². The van der Waals surface area contributed by atoms with E-state index in [0.29, 0.717) is 6.54 Å². The Morgan fingerprint density at radius 3 is 2.33 bits per heavy atom. The van der Waals surface area contributed by atoms with Crippen LogP contribution in [-0.2, 0) is 6.54 Å². The summed E-state index contributed by atoms with van der Waals surface area (Å²) in [6.07, 6.45) is 0. The van der Waals surface area contributed by atoms with E-state index in [0.717, 1.165) is 22.8 Å². The molecule has 3 nitrogen and oxygen atoms in total. The molecule has 0 amide bonds. The Morgan fingerprint density at radius 2 is 1.83 bits per heavy atom. The number of anilines is 1. The third-order valence-corrected chi connectivity index (χ3v) is 2.90. The number of Topliss-reactive ketones (excluding diaryl/α,β-unsaturated/α-hetero) is 1. The van der Waals surface area contributed by atoms with Gasteiger partial charge in [0.25, 0.3) is 0 Å². The van der Waals surface area contributed by atoms with Crippen molar-refractivity contribution in [2.75, 3.05) is 11.9 Å². The van der Waals surface area contributed by atoms with Gasteiger partial charge in [-0.3, -0.25) is 4.79 Å². The van der Waals surface area contributed by atoms with E-state index in [4.69, 9.17) is 4.42 Å². The zero-order chi connectivity index (χ0) is 13.1. The molecule has 2 aromatic rings. The number of benzene rings is 1. The molecule has 0 unspecified atom stereocenters. The Labute approximate surface area is 107 Å². The third-order valence-electron chi connectivity index (χ3n) is 2.90. The van der Waals surface area contributed by atoms with Crippen LogP contribution in [0.3, 0.4) is 0 Å². The van der Waals surface area contributed by atoms with E-state index in [-0.39, 0.29) is 5.78 Å². The number of furan rings is 1. The van der Waals surface area contributed by atoms with Crippen LogP contribution in [0.5, 0.6) is 0 Å². The molecule has 0 aliphatic carbocycles. The number of nitrogens with zero attached hydrogens (tertiary/aromatic N) is 1. The van der Waals surface area contributed by atoms with Crippen LogP contribution in [-0.4, -0.2) is 12.8 Å². The molecule has 1 aromatic heterocycles. The Kier molecular flexibility index (Phi) is 3.51. The summed E-state index contributed by atoms with van der Waals surface area (Å²) in [6.45, 7) is 4.22. The van der Waals surface area contributed by atoms with Crippen LogP contribution in [0, 0.1) is 6.92 Å². The van der Waals surface area contributed by atoms with Gasteiger partial charge < -0.3 is 9.32 Å². The average molecular weight is 243 g/mol. The molecule has 0 bridgehead atoms. The average Bonchev–Trinajstić information content (AvgIpc) is 2.75. The van der Waals surface area contributed by atoms with Crippen LogP contribution in [0.15, 0.2) is 40.8 Å². The minimum Gasteiger partial charge on any atom is -0.464 e. The lowest BCUT2D eigenvalue weighted by Crippen LogP contribution is -2.15. The molecule has 1 aromatic carbocycles. The largest absolute Gasteiger partial charge is 0.464 e. The molecule has 0 aliphatic heterocycles. The van der Waals surface area contributed by atoms with Crippen molar-refractivity contribution in [3.63, 3.8) is 0 Å². The SMILES string of the molecule is CC(=O)c1ccc(N(C)Cc2ccc(C)o2)cc1. The minimum absolute atomic E-state index is 0.0888. The number of carbonyl (C=O) groups excluding carboxylic acids is 1. The van der Waals surface area contributed by atoms with Crippen LogP contribution >= 0.6 is 0 Å². The molecule has 0 atom stereocenters. The summed E-state index contributed by atoms with van der Waals surface area (Å²) in [5, 5.41) is 0. The van der Waals surface area contributed by atoms with Gasteiger partial charge in [0.05, 0.1) is 6.54 Å². The molecule has 2 rings (SSSR count). The second kappa shape index (κ2) is 5.08. The van der Waals surface area contributed by atoms with E-state index in [2.05, 4.69) is 4.90 Å². The lowest BCUT2D eigenvalue weighted by Gasteiger charge is -2.18. The van der Waals surface area contributed by atoms with Gasteiger partial charge in [-0.15, -0.1) is 0 Å². The van der Waals surface area contributed by atoms with E-state index < -0.39 is 0 Å². The van der Waals surface area contributed by atoms with Gasteiger partial charge in [0.15, 0.2) is 5.78 Å². The van der Waals surface area contributed by atoms with Crippen molar-refractivity contribution >= 4 is 11.5 Å². The standard InChI is InChI=1S/C15H17NO2/c1-11-4-9-15(18-11)10-16(3)14-7-5-13(6-8-14)12(2)17/h4-9H,10H2,1-3H3. The first kappa shape index (κ1) is 12.4. The fourth-order valence-corrected chi connectivity index (χ4v) is 1.85. The van der Waals surface area contributed by atoms with E-state index in [9.17, 15) is 4.79 Å². The molecule has 94 valence electrons. The molecule has 0 saturated heterocycles. The molecule has 3 heteroatoms. The maximum atomic E-state index is 11.2. The van der Waals surface area contributed by atoms with Crippen molar-refractivity contribution in [1.29, 1.82) is 0 Å². The quantitative estimate of drug-likeness (QED) is 0.771. The van der Waals surface area contributed by atoms with E-state index >= 15 is 0 Å². The number of hydrogen-bond donors (Lipinski definition) is 0. The molecule has 18 heavy (non-hydrogen) atoms. The second-order valence-electron chi connectivity index (χ2n) is 4.47. The molecule has 0 radical (unpaired) electrons. The van der Waals surface area contributed by atoms with Crippen molar-refractivity contribution in [2.45, 2.75) is 20.4 Å². The number of carbonyl (C=O) groups is 1. The van der Waals surface area contributed by atoms with Crippen molar-refractivity contribution < 1.29 is 9.21 Å². The smallest absolute Gasteiger partial charge is 0.159 e. The first-order valence-electron chi connectivity index (χ1n) is 5.94. The molecule has 1 heterocycles. The summed E-state index contributed by atoms with van der Waals surface area (Å²) in [5.41, 5.74) is 1.80. The van der Waals surface area contributed by atoms with Crippen LogP contribution in [0.25, 0.3) is 0 Å². The normalized spacial score (nSPS) is 10.4. The first-order valence-corrected chi connectivity index (χ1v) is 5.94. The van der Waals surface area contributed by atoms with Crippen LogP contribution in [0.1, 0.15) is 28.8 Å². The highest BCUT2D eigenvalue weighted by atomic mass is 16.3. The Hall–Kier alpha value is -2.03. The maximum absolute atomic E-state index is 11.2. The second-order valence-corrected chi connectivity index (χ2v) is 4.47. The summed E-state index contributed by atoms with van der Waals surface area (Å²) in [5.74, 6) is 1.95. The van der Waals surface area contributed by atoms with Crippen molar-refractivity contribution in [2.24, 2.45) is 0 Å². The zero-order valence-corrected chi connectivity index (χ0v) is 10.9. The molecule has 0 saturated carbocycles. The van der Waals surface area contributed by atoms with Crippen molar-refractivity contribution in [1.82, 2.24) is 0 Å². The van der Waals surface area contributed by atoms with Gasteiger partial charge >= 0.3 is 0 Å². The maximum Gasteiger partial charge on any atom is 0.159 e. The van der Waals surface area contributed by atoms with Gasteiger partial charge in [-0.25, -0.2) is 0 Å². The van der Waals surface area contributed by atoms with Gasteiger partial charge in [0.2, 0.25) is 0 Å². The summed E-state index contributed by atoms with van der Waals surface area (Å²) in [4.78, 5) is 13.3. The number of rotatable bonds is 4. The Balaban J connectivity index is 2.09. The van der Waals surface area contributed by atoms with Crippen LogP contribution in [0.2, 0.25) is 0 Å². The highest BCUT2D eigenvalue weighted by Crippen LogP contribution is 2.17. The predicted molar refractivity (Wildman–Crippen MR) is 72.0 cm³/mol. The lowest BCUT2D eigenvalue weighted by molar-refractivity contribution is 0.101. The summed E-state index contributed by atoms with van der Waals surface area (Å²) < 4.78 is 5.54. The molecule has 0 aliphatic rings. The Morgan fingerprint density at radius 1 is 1.17 bits per heavy atom. The predicted octanol–water partition coefficient (Wildman–Crippen LogP) is 3.43. The van der Waals surface area contributed by atoms with E-state index in [1.54, 1.807) is 6.92 Å². The lowest BCUT2D eigenvalue weighted by atomic mass is 10.1. The van der Waals surface area contributed by atoms with Gasteiger partial charge in [0.1, 0.15) is 11.5 Å². The first-order chi connectivity index (χ1) is 8.56. The molecule has 0 fully saturated rings. The van der Waals surface area contributed by atoms with E-state index in [1.165, 1.54) is 0 Å². The number of aryl methyl sites for hydroxylation is 1. The summed E-state index contributed by atoms with van der Waals surface area (Å²) in [6, 6.07) is 11.5. The minimum atomic E-state index is 0.0888. The molecule has 0 spiro atoms. The molecular weight excluding hydrogens is 226 g/mol. The van der Waals surface area contributed by atoms with Gasteiger partial charge in [0, 0.05) is 18.3 Å². The van der Waals surface area contributed by atoms with Gasteiger partial charge in [-0.2, -0.15) is 0 Å². The summed E-state index contributed by atoms with van der Waals surface area (Å²) >= 11 is 0. The van der Waals surface area contributed by atoms with Crippen molar-refractivity contribution in [3.8, 4) is 0 Å². The fraction of sp³-hybridized carbons (Fsp3) is 0.267. The van der Waals surface area contributed by atoms with Gasteiger partial charge in [-0.05, 0) is 50.2 Å². The molecule has 0 N–H and O–H groups in total. The third kappa shape index (κ3) is 2.80. The summed E-state index contributed by atoms with van der Waals surface area (Å²) in [7, 11) is 2.00. The topological polar surface area (TPSA) is 33.5 Å². The fourth-order valence-electron chi connectivity index (χ4n) is 1.85. The van der Waals surface area contributed by atoms with E-state index in [1.807, 2.05) is 50.4 Å². The van der Waals surface area contributed by atoms with Gasteiger partial charge in [-0.1, -0.05) is 0 Å². The highest BCUT2D eigenvalue weighted by Gasteiger charge is 2.06.